The molecule has 1 N–H and O–H groups in total. The number of rotatable bonds is 5. The first-order chi connectivity index (χ1) is 14.9. The number of alkyl halides is 2. The first-order valence-corrected chi connectivity index (χ1v) is 10.8. The number of carbonyl (C=O) groups is 2. The summed E-state index contributed by atoms with van der Waals surface area (Å²) in [5.41, 5.74) is 0.267. The van der Waals surface area contributed by atoms with Crippen molar-refractivity contribution in [2.75, 3.05) is 36.5 Å². The fourth-order valence-corrected chi connectivity index (χ4v) is 4.10. The van der Waals surface area contributed by atoms with Crippen molar-refractivity contribution in [3.05, 3.63) is 17.1 Å². The Bertz CT molecular complexity index is 941. The molecule has 2 fully saturated rings. The van der Waals surface area contributed by atoms with Gasteiger partial charge in [-0.15, -0.1) is 11.3 Å². The van der Waals surface area contributed by atoms with Gasteiger partial charge in [-0.05, 0) is 12.8 Å². The van der Waals surface area contributed by atoms with Crippen LogP contribution in [0.4, 0.5) is 25.2 Å². The fourth-order valence-electron chi connectivity index (χ4n) is 3.41. The molecule has 31 heavy (non-hydrogen) atoms. The lowest BCUT2D eigenvalue weighted by molar-refractivity contribution is -0.0642. The zero-order valence-electron chi connectivity index (χ0n) is 16.6. The maximum Gasteiger partial charge on any atom is 0.413 e. The van der Waals surface area contributed by atoms with Crippen molar-refractivity contribution in [3.8, 4) is 10.8 Å². The molecule has 1 saturated carbocycles. The second kappa shape index (κ2) is 9.18. The van der Waals surface area contributed by atoms with Crippen LogP contribution in [0.1, 0.15) is 36.2 Å². The van der Waals surface area contributed by atoms with Gasteiger partial charge in [0, 0.05) is 37.4 Å². The largest absolute Gasteiger partial charge is 0.446 e. The van der Waals surface area contributed by atoms with Crippen molar-refractivity contribution in [1.82, 2.24) is 15.0 Å². The summed E-state index contributed by atoms with van der Waals surface area (Å²) in [6, 6.07) is 1.61. The number of nitrogens with one attached hydrogen (secondary N) is 1. The third-order valence-corrected chi connectivity index (χ3v) is 5.91. The van der Waals surface area contributed by atoms with Crippen molar-refractivity contribution in [2.24, 2.45) is 0 Å². The Morgan fingerprint density at radius 1 is 1.26 bits per heavy atom. The first kappa shape index (κ1) is 21.5. The molecule has 1 saturated heterocycles. The predicted octanol–water partition coefficient (Wildman–Crippen LogP) is 3.38. The minimum absolute atomic E-state index is 0.113. The van der Waals surface area contributed by atoms with E-state index >= 15 is 0 Å². The molecule has 0 bridgehead atoms. The van der Waals surface area contributed by atoms with Gasteiger partial charge in [0.05, 0.1) is 13.2 Å². The Morgan fingerprint density at radius 3 is 2.68 bits per heavy atom. The van der Waals surface area contributed by atoms with Crippen LogP contribution in [0, 0.1) is 0 Å². The van der Waals surface area contributed by atoms with Gasteiger partial charge in [0.15, 0.2) is 17.1 Å². The van der Waals surface area contributed by atoms with E-state index in [0.29, 0.717) is 43.4 Å². The van der Waals surface area contributed by atoms with Gasteiger partial charge >= 0.3 is 6.09 Å². The monoisotopic (exact) mass is 453 g/mol. The minimum Gasteiger partial charge on any atom is -0.446 e. The molecule has 1 aliphatic heterocycles. The van der Waals surface area contributed by atoms with Gasteiger partial charge < -0.3 is 14.4 Å². The lowest BCUT2D eigenvalue weighted by Gasteiger charge is -2.28. The van der Waals surface area contributed by atoms with E-state index in [1.807, 2.05) is 4.90 Å². The zero-order chi connectivity index (χ0) is 21.8. The van der Waals surface area contributed by atoms with Crippen molar-refractivity contribution in [2.45, 2.75) is 37.7 Å². The predicted molar refractivity (Wildman–Crippen MR) is 109 cm³/mol. The molecule has 0 aromatic carbocycles. The number of ether oxygens (including phenoxy) is 2. The standard InChI is InChI=1S/C19H21F2N5O4S/c20-19(21)3-1-13(2-4-19)30-18(28)24-14-9-15(26-5-7-29-8-6-26)25-16(23-14)17-22-12(10-27)11-31-17/h9-11,13H,1-8H2,(H,23,24,25,28). The molecule has 166 valence electrons. The van der Waals surface area contributed by atoms with Gasteiger partial charge in [-0.25, -0.2) is 28.5 Å². The molecule has 3 heterocycles. The summed E-state index contributed by atoms with van der Waals surface area (Å²) in [5.74, 6) is -1.67. The van der Waals surface area contributed by atoms with E-state index in [0.717, 1.165) is 0 Å². The summed E-state index contributed by atoms with van der Waals surface area (Å²) < 4.78 is 37.3. The van der Waals surface area contributed by atoms with E-state index < -0.39 is 18.1 Å². The molecule has 0 radical (unpaired) electrons. The summed E-state index contributed by atoms with van der Waals surface area (Å²) in [5, 5.41) is 4.59. The quantitative estimate of drug-likeness (QED) is 0.687. The summed E-state index contributed by atoms with van der Waals surface area (Å²) in [7, 11) is 0. The number of amides is 1. The maximum atomic E-state index is 13.3. The molecule has 4 rings (SSSR count). The van der Waals surface area contributed by atoms with Gasteiger partial charge in [0.25, 0.3) is 0 Å². The molecular formula is C19H21F2N5O4S. The number of halogens is 2. The van der Waals surface area contributed by atoms with E-state index in [-0.39, 0.29) is 43.0 Å². The SMILES string of the molecule is O=Cc1csc(-c2nc(NC(=O)OC3CCC(F)(F)CC3)cc(N3CCOCC3)n2)n1. The highest BCUT2D eigenvalue weighted by molar-refractivity contribution is 7.13. The van der Waals surface area contributed by atoms with Crippen LogP contribution < -0.4 is 10.2 Å². The molecule has 1 amide bonds. The van der Waals surface area contributed by atoms with Crippen LogP contribution in [0.25, 0.3) is 10.8 Å². The smallest absolute Gasteiger partial charge is 0.413 e. The number of hydrogen-bond acceptors (Lipinski definition) is 9. The third-order valence-electron chi connectivity index (χ3n) is 5.05. The number of aldehydes is 1. The molecule has 2 aromatic rings. The van der Waals surface area contributed by atoms with Crippen LogP contribution in [0.15, 0.2) is 11.4 Å². The number of hydrogen-bond donors (Lipinski definition) is 1. The van der Waals surface area contributed by atoms with Crippen LogP contribution in [0.2, 0.25) is 0 Å². The second-order valence-electron chi connectivity index (χ2n) is 7.32. The summed E-state index contributed by atoms with van der Waals surface area (Å²) >= 11 is 1.21. The zero-order valence-corrected chi connectivity index (χ0v) is 17.4. The van der Waals surface area contributed by atoms with Gasteiger partial charge in [-0.3, -0.25) is 10.1 Å². The number of nitrogens with zero attached hydrogens (tertiary/aromatic N) is 4. The number of thiazole rings is 1. The number of aromatic nitrogens is 3. The van der Waals surface area contributed by atoms with Crippen molar-refractivity contribution >= 4 is 35.4 Å². The number of morpholine rings is 1. The lowest BCUT2D eigenvalue weighted by Crippen LogP contribution is -2.37. The van der Waals surface area contributed by atoms with Crippen molar-refractivity contribution in [3.63, 3.8) is 0 Å². The van der Waals surface area contributed by atoms with E-state index in [9.17, 15) is 18.4 Å². The Labute approximate surface area is 180 Å². The Balaban J connectivity index is 1.52. The van der Waals surface area contributed by atoms with E-state index in [1.54, 1.807) is 11.4 Å². The second-order valence-corrected chi connectivity index (χ2v) is 8.17. The lowest BCUT2D eigenvalue weighted by atomic mass is 9.94. The van der Waals surface area contributed by atoms with Gasteiger partial charge in [0.1, 0.15) is 23.4 Å². The van der Waals surface area contributed by atoms with Crippen LogP contribution in [-0.2, 0) is 9.47 Å². The summed E-state index contributed by atoms with van der Waals surface area (Å²) in [4.78, 5) is 38.4. The molecule has 2 aromatic heterocycles. The molecule has 0 unspecified atom stereocenters. The highest BCUT2D eigenvalue weighted by Gasteiger charge is 2.36. The normalized spacial score (nSPS) is 19.1. The molecule has 1 aliphatic carbocycles. The van der Waals surface area contributed by atoms with E-state index in [2.05, 4.69) is 20.3 Å². The van der Waals surface area contributed by atoms with Gasteiger partial charge in [-0.2, -0.15) is 0 Å². The molecule has 12 heteroatoms. The highest BCUT2D eigenvalue weighted by Crippen LogP contribution is 2.34. The van der Waals surface area contributed by atoms with E-state index in [1.165, 1.54) is 11.3 Å². The molecular weight excluding hydrogens is 432 g/mol. The molecule has 0 spiro atoms. The maximum absolute atomic E-state index is 13.3. The number of anilines is 2. The van der Waals surface area contributed by atoms with Crippen LogP contribution in [0.5, 0.6) is 0 Å². The van der Waals surface area contributed by atoms with Crippen LogP contribution >= 0.6 is 11.3 Å². The Kier molecular flexibility index (Phi) is 6.37. The minimum atomic E-state index is -2.70. The summed E-state index contributed by atoms with van der Waals surface area (Å²) in [6.45, 7) is 2.33. The first-order valence-electron chi connectivity index (χ1n) is 9.90. The third kappa shape index (κ3) is 5.50. The molecule has 9 nitrogen and oxygen atoms in total. The summed E-state index contributed by atoms with van der Waals surface area (Å²) in [6.07, 6.45) is -1.06. The highest BCUT2D eigenvalue weighted by atomic mass is 32.1. The average Bonchev–Trinajstić information content (AvgIpc) is 3.25. The average molecular weight is 453 g/mol. The van der Waals surface area contributed by atoms with Crippen molar-refractivity contribution < 1.29 is 27.8 Å². The van der Waals surface area contributed by atoms with Gasteiger partial charge in [0.2, 0.25) is 5.92 Å². The van der Waals surface area contributed by atoms with Crippen LogP contribution in [-0.4, -0.2) is 65.7 Å². The molecule has 0 atom stereocenters. The Morgan fingerprint density at radius 2 is 2.00 bits per heavy atom. The van der Waals surface area contributed by atoms with Gasteiger partial charge in [-0.1, -0.05) is 0 Å². The van der Waals surface area contributed by atoms with Crippen molar-refractivity contribution in [1.29, 1.82) is 0 Å². The fraction of sp³-hybridized carbons (Fsp3) is 0.526. The number of carbonyl (C=O) groups excluding carboxylic acids is 2. The molecule has 2 aliphatic rings. The Hall–Kier alpha value is -2.73. The topological polar surface area (TPSA) is 107 Å². The van der Waals surface area contributed by atoms with E-state index in [4.69, 9.17) is 9.47 Å². The van der Waals surface area contributed by atoms with Crippen LogP contribution in [0.3, 0.4) is 0 Å².